The fourth-order valence-electron chi connectivity index (χ4n) is 2.82. The molecular formula is C20H33N5O3S. The first-order chi connectivity index (χ1) is 13.8. The molecule has 0 bridgehead atoms. The number of hydrogen-bond acceptors (Lipinski definition) is 4. The molecule has 1 amide bonds. The number of guanidine groups is 1. The minimum Gasteiger partial charge on any atom is -0.357 e. The summed E-state index contributed by atoms with van der Waals surface area (Å²) in [6.45, 7) is 7.74. The van der Waals surface area contributed by atoms with E-state index in [1.165, 1.54) is 0 Å². The molecule has 0 atom stereocenters. The molecule has 1 saturated carbocycles. The van der Waals surface area contributed by atoms with E-state index in [-0.39, 0.29) is 23.6 Å². The normalized spacial score (nSPS) is 14.7. The van der Waals surface area contributed by atoms with Crippen molar-refractivity contribution in [1.82, 2.24) is 20.7 Å². The summed E-state index contributed by atoms with van der Waals surface area (Å²) >= 11 is 0. The zero-order chi connectivity index (χ0) is 21.3. The number of carbonyl (C=O) groups excluding carboxylic acids is 1. The third-order valence-corrected chi connectivity index (χ3v) is 5.82. The standard InChI is InChI=1S/C20H33N5O3S/c1-4-21-20(23-12-11-22-19(26)16-9-10-16)24-13-17-7-5-6-8-18(17)14-29(27,28)25-15(2)3/h5-8,15-16,25H,4,9-14H2,1-3H3,(H,22,26)(H2,21,23,24). The molecule has 1 aliphatic rings. The van der Waals surface area contributed by atoms with Crippen LogP contribution in [0.25, 0.3) is 0 Å². The zero-order valence-electron chi connectivity index (χ0n) is 17.5. The van der Waals surface area contributed by atoms with Crippen LogP contribution in [0, 0.1) is 5.92 Å². The average molecular weight is 424 g/mol. The lowest BCUT2D eigenvalue weighted by Crippen LogP contribution is -2.41. The summed E-state index contributed by atoms with van der Waals surface area (Å²) in [5.41, 5.74) is 1.60. The molecular weight excluding hydrogens is 390 g/mol. The number of aliphatic imine (C=N–C) groups is 1. The largest absolute Gasteiger partial charge is 0.357 e. The monoisotopic (exact) mass is 423 g/mol. The van der Waals surface area contributed by atoms with E-state index >= 15 is 0 Å². The molecule has 1 aromatic rings. The Hall–Kier alpha value is -2.13. The Morgan fingerprint density at radius 3 is 2.38 bits per heavy atom. The predicted molar refractivity (Wildman–Crippen MR) is 116 cm³/mol. The van der Waals surface area contributed by atoms with E-state index in [4.69, 9.17) is 0 Å². The van der Waals surface area contributed by atoms with Crippen LogP contribution in [-0.4, -0.2) is 46.0 Å². The van der Waals surface area contributed by atoms with Crippen LogP contribution in [0.2, 0.25) is 0 Å². The number of amides is 1. The number of nitrogens with one attached hydrogen (secondary N) is 4. The summed E-state index contributed by atoms with van der Waals surface area (Å²) in [5, 5.41) is 9.27. The summed E-state index contributed by atoms with van der Waals surface area (Å²) < 4.78 is 27.2. The smallest absolute Gasteiger partial charge is 0.223 e. The minimum absolute atomic E-state index is 0.0754. The van der Waals surface area contributed by atoms with Gasteiger partial charge in [0.05, 0.1) is 12.3 Å². The highest BCUT2D eigenvalue weighted by Gasteiger charge is 2.28. The van der Waals surface area contributed by atoms with Crippen molar-refractivity contribution in [2.45, 2.75) is 52.0 Å². The van der Waals surface area contributed by atoms with Crippen molar-refractivity contribution in [3.8, 4) is 0 Å². The van der Waals surface area contributed by atoms with Crippen LogP contribution in [-0.2, 0) is 27.1 Å². The van der Waals surface area contributed by atoms with Gasteiger partial charge < -0.3 is 16.0 Å². The molecule has 0 radical (unpaired) electrons. The summed E-state index contributed by atoms with van der Waals surface area (Å²) in [5.74, 6) is 0.883. The Balaban J connectivity index is 1.94. The van der Waals surface area contributed by atoms with Crippen LogP contribution in [0.5, 0.6) is 0 Å². The van der Waals surface area contributed by atoms with Crippen molar-refractivity contribution in [2.24, 2.45) is 10.9 Å². The van der Waals surface area contributed by atoms with Crippen LogP contribution in [0.4, 0.5) is 0 Å². The van der Waals surface area contributed by atoms with Gasteiger partial charge in [-0.05, 0) is 44.7 Å². The molecule has 1 fully saturated rings. The topological polar surface area (TPSA) is 112 Å². The summed E-state index contributed by atoms with van der Waals surface area (Å²) in [6, 6.07) is 7.28. The molecule has 162 valence electrons. The van der Waals surface area contributed by atoms with Gasteiger partial charge in [0.15, 0.2) is 5.96 Å². The van der Waals surface area contributed by atoms with Gasteiger partial charge in [-0.1, -0.05) is 24.3 Å². The van der Waals surface area contributed by atoms with Gasteiger partial charge in [-0.25, -0.2) is 18.1 Å². The SMILES string of the molecule is CCNC(=NCc1ccccc1CS(=O)(=O)NC(C)C)NCCNC(=O)C1CC1. The van der Waals surface area contributed by atoms with Gasteiger partial charge in [0, 0.05) is 31.6 Å². The van der Waals surface area contributed by atoms with Gasteiger partial charge in [-0.15, -0.1) is 0 Å². The van der Waals surface area contributed by atoms with E-state index < -0.39 is 10.0 Å². The molecule has 2 rings (SSSR count). The van der Waals surface area contributed by atoms with Crippen molar-refractivity contribution >= 4 is 21.9 Å². The van der Waals surface area contributed by atoms with E-state index in [1.54, 1.807) is 13.8 Å². The molecule has 9 heteroatoms. The Kier molecular flexibility index (Phi) is 8.91. The highest BCUT2D eigenvalue weighted by Crippen LogP contribution is 2.28. The molecule has 0 spiro atoms. The number of carbonyl (C=O) groups is 1. The van der Waals surface area contributed by atoms with Gasteiger partial charge in [0.1, 0.15) is 0 Å². The van der Waals surface area contributed by atoms with Gasteiger partial charge in [-0.3, -0.25) is 4.79 Å². The average Bonchev–Trinajstić information content (AvgIpc) is 3.47. The van der Waals surface area contributed by atoms with E-state index in [0.29, 0.717) is 32.1 Å². The quantitative estimate of drug-likeness (QED) is 0.242. The molecule has 0 heterocycles. The maximum absolute atomic E-state index is 12.3. The lowest BCUT2D eigenvalue weighted by molar-refractivity contribution is -0.122. The number of rotatable bonds is 11. The minimum atomic E-state index is -3.40. The fraction of sp³-hybridized carbons (Fsp3) is 0.600. The molecule has 29 heavy (non-hydrogen) atoms. The number of sulfonamides is 1. The van der Waals surface area contributed by atoms with Crippen LogP contribution < -0.4 is 20.7 Å². The number of hydrogen-bond donors (Lipinski definition) is 4. The van der Waals surface area contributed by atoms with Crippen LogP contribution in [0.15, 0.2) is 29.3 Å². The van der Waals surface area contributed by atoms with Gasteiger partial charge in [0.25, 0.3) is 0 Å². The first kappa shape index (κ1) is 23.2. The van der Waals surface area contributed by atoms with Crippen molar-refractivity contribution in [1.29, 1.82) is 0 Å². The third kappa shape index (κ3) is 8.82. The first-order valence-corrected chi connectivity index (χ1v) is 11.8. The molecule has 0 saturated heterocycles. The fourth-order valence-corrected chi connectivity index (χ4v) is 4.31. The lowest BCUT2D eigenvalue weighted by Gasteiger charge is -2.14. The van der Waals surface area contributed by atoms with E-state index in [0.717, 1.165) is 24.0 Å². The Labute approximate surface area is 174 Å². The molecule has 0 aliphatic heterocycles. The summed E-state index contributed by atoms with van der Waals surface area (Å²) in [6.07, 6.45) is 1.98. The number of benzene rings is 1. The van der Waals surface area contributed by atoms with Crippen molar-refractivity contribution in [2.75, 3.05) is 19.6 Å². The number of nitrogens with zero attached hydrogens (tertiary/aromatic N) is 1. The van der Waals surface area contributed by atoms with Crippen LogP contribution in [0.3, 0.4) is 0 Å². The maximum Gasteiger partial charge on any atom is 0.223 e. The zero-order valence-corrected chi connectivity index (χ0v) is 18.3. The maximum atomic E-state index is 12.3. The lowest BCUT2D eigenvalue weighted by atomic mass is 10.1. The first-order valence-electron chi connectivity index (χ1n) is 10.2. The van der Waals surface area contributed by atoms with Gasteiger partial charge in [0.2, 0.25) is 15.9 Å². The molecule has 0 aromatic heterocycles. The van der Waals surface area contributed by atoms with Crippen molar-refractivity contribution in [3.05, 3.63) is 35.4 Å². The molecule has 4 N–H and O–H groups in total. The molecule has 8 nitrogen and oxygen atoms in total. The summed E-state index contributed by atoms with van der Waals surface area (Å²) in [7, 11) is -3.40. The van der Waals surface area contributed by atoms with Crippen molar-refractivity contribution in [3.63, 3.8) is 0 Å². The summed E-state index contributed by atoms with van der Waals surface area (Å²) in [4.78, 5) is 16.2. The predicted octanol–water partition coefficient (Wildman–Crippen LogP) is 1.10. The van der Waals surface area contributed by atoms with E-state index in [2.05, 4.69) is 25.7 Å². The Bertz CT molecular complexity index is 804. The molecule has 1 aliphatic carbocycles. The van der Waals surface area contributed by atoms with E-state index in [1.807, 2.05) is 31.2 Å². The molecule has 1 aromatic carbocycles. The van der Waals surface area contributed by atoms with Crippen molar-refractivity contribution < 1.29 is 13.2 Å². The third-order valence-electron chi connectivity index (χ3n) is 4.30. The van der Waals surface area contributed by atoms with Gasteiger partial charge >= 0.3 is 0 Å². The highest BCUT2D eigenvalue weighted by molar-refractivity contribution is 7.88. The van der Waals surface area contributed by atoms with Crippen LogP contribution in [0.1, 0.15) is 44.7 Å². The Morgan fingerprint density at radius 1 is 1.10 bits per heavy atom. The van der Waals surface area contributed by atoms with Crippen LogP contribution >= 0.6 is 0 Å². The second-order valence-electron chi connectivity index (χ2n) is 7.49. The second kappa shape index (κ2) is 11.2. The molecule has 0 unspecified atom stereocenters. The van der Waals surface area contributed by atoms with E-state index in [9.17, 15) is 13.2 Å². The highest BCUT2D eigenvalue weighted by atomic mass is 32.2. The Morgan fingerprint density at radius 2 is 1.76 bits per heavy atom. The van der Waals surface area contributed by atoms with Gasteiger partial charge in [-0.2, -0.15) is 0 Å². The second-order valence-corrected chi connectivity index (χ2v) is 9.24.